The highest BCUT2D eigenvalue weighted by Gasteiger charge is 2.34. The number of aromatic carboxylic acids is 1. The maximum Gasteiger partial charge on any atom is 0.339 e. The topological polar surface area (TPSA) is 72.9 Å². The number of hydrogen-bond acceptors (Lipinski definition) is 3. The molecule has 6 heteroatoms. The van der Waals surface area contributed by atoms with E-state index in [2.05, 4.69) is 47.2 Å². The number of aryl methyl sites for hydroxylation is 1. The zero-order chi connectivity index (χ0) is 21.8. The molecular formula is C26H30N4O2. The minimum atomic E-state index is -0.884. The fraction of sp³-hybridized carbons (Fsp3) is 0.500. The van der Waals surface area contributed by atoms with Gasteiger partial charge in [0.05, 0.1) is 29.8 Å². The van der Waals surface area contributed by atoms with E-state index in [4.69, 9.17) is 5.10 Å². The van der Waals surface area contributed by atoms with Crippen LogP contribution in [0.4, 0.5) is 0 Å². The van der Waals surface area contributed by atoms with Gasteiger partial charge in [0.15, 0.2) is 0 Å². The highest BCUT2D eigenvalue weighted by Crippen LogP contribution is 2.44. The molecule has 0 radical (unpaired) electrons. The Bertz CT molecular complexity index is 1170. The third-order valence-corrected chi connectivity index (χ3v) is 7.81. The summed E-state index contributed by atoms with van der Waals surface area (Å²) in [6.07, 6.45) is 12.8. The number of carboxylic acid groups (broad SMARTS) is 1. The van der Waals surface area contributed by atoms with Crippen LogP contribution in [0.15, 0.2) is 36.7 Å². The molecule has 6 rings (SSSR count). The van der Waals surface area contributed by atoms with E-state index in [0.29, 0.717) is 29.4 Å². The Morgan fingerprint density at radius 3 is 2.72 bits per heavy atom. The standard InChI is InChI=1S/C26H30N4O2/c1-16-8-9-20-14-27-29(24(16)20)21-6-2-4-18(12-21)19-5-3-7-22(13-19)30-25(17-10-11-17)23(15-28-30)26(31)32/h3,5,7,13-18,21H,2,4,6,8-12H2,1H3,(H,31,32). The van der Waals surface area contributed by atoms with Gasteiger partial charge in [0.1, 0.15) is 5.56 Å². The third-order valence-electron chi connectivity index (χ3n) is 7.81. The van der Waals surface area contributed by atoms with Gasteiger partial charge in [-0.15, -0.1) is 0 Å². The van der Waals surface area contributed by atoms with Gasteiger partial charge in [-0.3, -0.25) is 4.68 Å². The summed E-state index contributed by atoms with van der Waals surface area (Å²) in [5, 5.41) is 18.9. The Balaban J connectivity index is 1.29. The van der Waals surface area contributed by atoms with Crippen LogP contribution >= 0.6 is 0 Å². The van der Waals surface area contributed by atoms with E-state index in [1.54, 1.807) is 0 Å². The van der Waals surface area contributed by atoms with Crippen molar-refractivity contribution in [1.29, 1.82) is 0 Å². The van der Waals surface area contributed by atoms with Gasteiger partial charge < -0.3 is 5.11 Å². The fourth-order valence-corrected chi connectivity index (χ4v) is 6.02. The quantitative estimate of drug-likeness (QED) is 0.572. The van der Waals surface area contributed by atoms with Crippen LogP contribution in [0.5, 0.6) is 0 Å². The molecule has 2 aromatic heterocycles. The number of nitrogens with zero attached hydrogens (tertiary/aromatic N) is 4. The van der Waals surface area contributed by atoms with E-state index >= 15 is 0 Å². The van der Waals surface area contributed by atoms with Crippen molar-refractivity contribution >= 4 is 5.97 Å². The molecule has 1 N–H and O–H groups in total. The number of carboxylic acids is 1. The van der Waals surface area contributed by atoms with Crippen molar-refractivity contribution in [2.45, 2.75) is 82.1 Å². The molecule has 2 fully saturated rings. The molecule has 3 aliphatic rings. The number of carbonyl (C=O) groups is 1. The van der Waals surface area contributed by atoms with Gasteiger partial charge in [0.25, 0.3) is 0 Å². The van der Waals surface area contributed by atoms with Crippen LogP contribution in [0, 0.1) is 0 Å². The Hall–Kier alpha value is -2.89. The van der Waals surface area contributed by atoms with Crippen LogP contribution in [0.25, 0.3) is 5.69 Å². The van der Waals surface area contributed by atoms with E-state index in [-0.39, 0.29) is 0 Å². The van der Waals surface area contributed by atoms with Crippen molar-refractivity contribution in [3.05, 3.63) is 64.7 Å². The Morgan fingerprint density at radius 1 is 1.03 bits per heavy atom. The zero-order valence-corrected chi connectivity index (χ0v) is 18.6. The molecule has 3 unspecified atom stereocenters. The monoisotopic (exact) mass is 430 g/mol. The molecule has 3 aliphatic carbocycles. The van der Waals surface area contributed by atoms with Crippen LogP contribution in [0.1, 0.15) is 109 Å². The molecule has 3 atom stereocenters. The summed E-state index contributed by atoms with van der Waals surface area (Å²) in [5.41, 5.74) is 6.43. The largest absolute Gasteiger partial charge is 0.478 e. The second-order valence-corrected chi connectivity index (χ2v) is 9.99. The average Bonchev–Trinajstić information content (AvgIpc) is 3.24. The van der Waals surface area contributed by atoms with Gasteiger partial charge in [-0.2, -0.15) is 10.2 Å². The Labute approximate surface area is 188 Å². The first-order valence-electron chi connectivity index (χ1n) is 12.1. The second-order valence-electron chi connectivity index (χ2n) is 9.99. The highest BCUT2D eigenvalue weighted by atomic mass is 16.4. The van der Waals surface area contributed by atoms with Crippen molar-refractivity contribution < 1.29 is 9.90 Å². The number of fused-ring (bicyclic) bond motifs is 1. The van der Waals surface area contributed by atoms with Crippen LogP contribution < -0.4 is 0 Å². The molecule has 1 aromatic carbocycles. The first-order valence-corrected chi connectivity index (χ1v) is 12.1. The van der Waals surface area contributed by atoms with Gasteiger partial charge in [-0.1, -0.05) is 25.5 Å². The third kappa shape index (κ3) is 3.28. The molecule has 0 saturated heterocycles. The first kappa shape index (κ1) is 19.8. The molecule has 0 bridgehead atoms. The Kier molecular flexibility index (Phi) is 4.70. The first-order chi connectivity index (χ1) is 15.6. The van der Waals surface area contributed by atoms with Crippen molar-refractivity contribution in [3.63, 3.8) is 0 Å². The molecule has 166 valence electrons. The zero-order valence-electron chi connectivity index (χ0n) is 18.6. The highest BCUT2D eigenvalue weighted by molar-refractivity contribution is 5.89. The van der Waals surface area contributed by atoms with Gasteiger partial charge in [-0.25, -0.2) is 9.48 Å². The van der Waals surface area contributed by atoms with Gasteiger partial charge in [0.2, 0.25) is 0 Å². The van der Waals surface area contributed by atoms with Gasteiger partial charge >= 0.3 is 5.97 Å². The summed E-state index contributed by atoms with van der Waals surface area (Å²) in [5.74, 6) is 0.532. The van der Waals surface area contributed by atoms with E-state index in [0.717, 1.165) is 30.6 Å². The number of rotatable bonds is 5. The smallest absolute Gasteiger partial charge is 0.339 e. The SMILES string of the molecule is CC1CCc2cnn(C3CCCC(c4cccc(-n5ncc(C(=O)O)c5C5CC5)c4)C3)c21. The van der Waals surface area contributed by atoms with E-state index in [1.807, 2.05) is 4.68 Å². The molecule has 2 heterocycles. The predicted octanol–water partition coefficient (Wildman–Crippen LogP) is 5.59. The summed E-state index contributed by atoms with van der Waals surface area (Å²) < 4.78 is 4.22. The number of hydrogen-bond donors (Lipinski definition) is 1. The normalized spacial score (nSPS) is 25.1. The van der Waals surface area contributed by atoms with Gasteiger partial charge in [-0.05, 0) is 80.0 Å². The van der Waals surface area contributed by atoms with E-state index in [9.17, 15) is 9.90 Å². The molecule has 6 nitrogen and oxygen atoms in total. The van der Waals surface area contributed by atoms with E-state index in [1.165, 1.54) is 55.1 Å². The van der Waals surface area contributed by atoms with Crippen LogP contribution in [-0.4, -0.2) is 30.6 Å². The predicted molar refractivity (Wildman–Crippen MR) is 122 cm³/mol. The molecule has 3 aromatic rings. The lowest BCUT2D eigenvalue weighted by Gasteiger charge is -2.31. The van der Waals surface area contributed by atoms with Crippen LogP contribution in [-0.2, 0) is 6.42 Å². The number of benzene rings is 1. The summed E-state index contributed by atoms with van der Waals surface area (Å²) in [4.78, 5) is 11.7. The van der Waals surface area contributed by atoms with Crippen LogP contribution in [0.3, 0.4) is 0 Å². The molecule has 0 spiro atoms. The lowest BCUT2D eigenvalue weighted by atomic mass is 9.81. The van der Waals surface area contributed by atoms with Gasteiger partial charge in [0, 0.05) is 11.6 Å². The summed E-state index contributed by atoms with van der Waals surface area (Å²) in [7, 11) is 0. The molecule has 0 aliphatic heterocycles. The minimum Gasteiger partial charge on any atom is -0.478 e. The minimum absolute atomic E-state index is 0.315. The molecular weight excluding hydrogens is 400 g/mol. The molecule has 32 heavy (non-hydrogen) atoms. The fourth-order valence-electron chi connectivity index (χ4n) is 6.02. The lowest BCUT2D eigenvalue weighted by Crippen LogP contribution is -2.21. The summed E-state index contributed by atoms with van der Waals surface area (Å²) in [6.45, 7) is 2.33. The van der Waals surface area contributed by atoms with Crippen molar-refractivity contribution in [2.24, 2.45) is 0 Å². The average molecular weight is 431 g/mol. The maximum absolute atomic E-state index is 11.7. The maximum atomic E-state index is 11.7. The van der Waals surface area contributed by atoms with Crippen LogP contribution in [0.2, 0.25) is 0 Å². The molecule has 0 amide bonds. The van der Waals surface area contributed by atoms with Crippen molar-refractivity contribution in [2.75, 3.05) is 0 Å². The van der Waals surface area contributed by atoms with Crippen molar-refractivity contribution in [1.82, 2.24) is 19.6 Å². The van der Waals surface area contributed by atoms with Crippen molar-refractivity contribution in [3.8, 4) is 5.69 Å². The van der Waals surface area contributed by atoms with E-state index < -0.39 is 5.97 Å². The number of aromatic nitrogens is 4. The second kappa shape index (κ2) is 7.61. The molecule has 2 saturated carbocycles. The summed E-state index contributed by atoms with van der Waals surface area (Å²) in [6, 6.07) is 9.07. The Morgan fingerprint density at radius 2 is 1.91 bits per heavy atom. The lowest BCUT2D eigenvalue weighted by molar-refractivity contribution is 0.0695. The summed E-state index contributed by atoms with van der Waals surface area (Å²) >= 11 is 0.